The topological polar surface area (TPSA) is 119 Å². The summed E-state index contributed by atoms with van der Waals surface area (Å²) in [5.41, 5.74) is 3.62. The van der Waals surface area contributed by atoms with Crippen LogP contribution in [0.1, 0.15) is 27.3 Å². The third-order valence-electron chi connectivity index (χ3n) is 4.91. The summed E-state index contributed by atoms with van der Waals surface area (Å²) in [7, 11) is -2.53. The zero-order valence-corrected chi connectivity index (χ0v) is 20.0. The van der Waals surface area contributed by atoms with E-state index in [1.807, 2.05) is 38.1 Å². The second-order valence-electron chi connectivity index (χ2n) is 7.27. The fraction of sp³-hybridized carbons (Fsp3) is 0.227. The summed E-state index contributed by atoms with van der Waals surface area (Å²) in [5, 5.41) is 7.18. The van der Waals surface area contributed by atoms with Crippen LogP contribution < -0.4 is 10.0 Å². The normalized spacial score (nSPS) is 11.3. The van der Waals surface area contributed by atoms with Crippen molar-refractivity contribution in [3.63, 3.8) is 0 Å². The highest BCUT2D eigenvalue weighted by Gasteiger charge is 2.20. The average molecular weight is 491 g/mol. The van der Waals surface area contributed by atoms with Gasteiger partial charge in [-0.05, 0) is 58.2 Å². The number of carbonyl (C=O) groups excluding carboxylic acids is 2. The van der Waals surface area contributed by atoms with Crippen molar-refractivity contribution in [2.24, 2.45) is 0 Å². The molecule has 9 nitrogen and oxygen atoms in total. The Morgan fingerprint density at radius 3 is 2.39 bits per heavy atom. The lowest BCUT2D eigenvalue weighted by Gasteiger charge is -2.10. The molecule has 0 radical (unpaired) electrons. The molecule has 3 rings (SSSR count). The van der Waals surface area contributed by atoms with Crippen LogP contribution in [-0.4, -0.2) is 43.7 Å². The minimum atomic E-state index is -3.78. The molecule has 0 aliphatic rings. The number of anilines is 1. The van der Waals surface area contributed by atoms with E-state index in [-0.39, 0.29) is 15.5 Å². The van der Waals surface area contributed by atoms with Crippen LogP contribution in [0, 0.1) is 20.8 Å². The standard InChI is InChI=1S/C22H23ClN4O5S/c1-13-5-7-16(8-6-13)27-15(3)21(14(2)26-27)25-20(28)12-32-22(29)18-11-17(9-10-19(18)23)33(30,31)24-4/h5-11,24H,12H2,1-4H3,(H,25,28). The van der Waals surface area contributed by atoms with Crippen molar-refractivity contribution in [1.82, 2.24) is 14.5 Å². The number of sulfonamides is 1. The van der Waals surface area contributed by atoms with E-state index in [1.165, 1.54) is 19.2 Å². The molecule has 2 N–H and O–H groups in total. The zero-order chi connectivity index (χ0) is 24.3. The Balaban J connectivity index is 1.71. The Kier molecular flexibility index (Phi) is 7.21. The zero-order valence-electron chi connectivity index (χ0n) is 18.5. The van der Waals surface area contributed by atoms with Gasteiger partial charge in [0.05, 0.1) is 38.2 Å². The Hall–Kier alpha value is -3.21. The summed E-state index contributed by atoms with van der Waals surface area (Å²) < 4.78 is 32.8. The SMILES string of the molecule is CNS(=O)(=O)c1ccc(Cl)c(C(=O)OCC(=O)Nc2c(C)nn(-c3ccc(C)cc3)c2C)c1. The van der Waals surface area contributed by atoms with Crippen LogP contribution in [-0.2, 0) is 19.6 Å². The highest BCUT2D eigenvalue weighted by Crippen LogP contribution is 2.24. The van der Waals surface area contributed by atoms with Gasteiger partial charge < -0.3 is 10.1 Å². The summed E-state index contributed by atoms with van der Waals surface area (Å²) in [6.07, 6.45) is 0. The van der Waals surface area contributed by atoms with E-state index >= 15 is 0 Å². The monoisotopic (exact) mass is 490 g/mol. The minimum absolute atomic E-state index is 0.00141. The van der Waals surface area contributed by atoms with Crippen molar-refractivity contribution >= 4 is 39.2 Å². The number of hydrogen-bond donors (Lipinski definition) is 2. The predicted molar refractivity (Wildman–Crippen MR) is 124 cm³/mol. The van der Waals surface area contributed by atoms with Crippen molar-refractivity contribution < 1.29 is 22.7 Å². The fourth-order valence-corrected chi connectivity index (χ4v) is 4.04. The maximum atomic E-state index is 12.4. The molecule has 1 heterocycles. The van der Waals surface area contributed by atoms with E-state index in [0.717, 1.165) is 17.3 Å². The first-order chi connectivity index (χ1) is 15.5. The third kappa shape index (κ3) is 5.41. The van der Waals surface area contributed by atoms with E-state index in [9.17, 15) is 18.0 Å². The highest BCUT2D eigenvalue weighted by molar-refractivity contribution is 7.89. The number of benzene rings is 2. The van der Waals surface area contributed by atoms with Crippen molar-refractivity contribution in [3.8, 4) is 5.69 Å². The summed E-state index contributed by atoms with van der Waals surface area (Å²) in [6.45, 7) is 4.97. The highest BCUT2D eigenvalue weighted by atomic mass is 35.5. The molecular weight excluding hydrogens is 468 g/mol. The fourth-order valence-electron chi connectivity index (χ4n) is 3.09. The van der Waals surface area contributed by atoms with Crippen molar-refractivity contribution in [2.75, 3.05) is 19.0 Å². The van der Waals surface area contributed by atoms with E-state index in [2.05, 4.69) is 15.1 Å². The first-order valence-corrected chi connectivity index (χ1v) is 11.7. The summed E-state index contributed by atoms with van der Waals surface area (Å²) in [4.78, 5) is 24.7. The summed E-state index contributed by atoms with van der Waals surface area (Å²) >= 11 is 6.01. The number of carbonyl (C=O) groups is 2. The Morgan fingerprint density at radius 1 is 1.09 bits per heavy atom. The Bertz CT molecular complexity index is 1320. The number of amides is 1. The second kappa shape index (κ2) is 9.74. The van der Waals surface area contributed by atoms with Gasteiger partial charge in [0.1, 0.15) is 0 Å². The molecule has 0 aliphatic heterocycles. The van der Waals surface area contributed by atoms with Crippen molar-refractivity contribution in [3.05, 3.63) is 70.0 Å². The van der Waals surface area contributed by atoms with Crippen LogP contribution in [0.5, 0.6) is 0 Å². The molecule has 174 valence electrons. The van der Waals surface area contributed by atoms with Gasteiger partial charge >= 0.3 is 5.97 Å². The quantitative estimate of drug-likeness (QED) is 0.491. The number of nitrogens with one attached hydrogen (secondary N) is 2. The first kappa shape index (κ1) is 24.4. The molecule has 0 fully saturated rings. The molecule has 0 atom stereocenters. The molecule has 33 heavy (non-hydrogen) atoms. The van der Waals surface area contributed by atoms with Gasteiger partial charge in [-0.25, -0.2) is 22.6 Å². The van der Waals surface area contributed by atoms with Crippen LogP contribution in [0.2, 0.25) is 5.02 Å². The van der Waals surface area contributed by atoms with Gasteiger partial charge in [0.25, 0.3) is 5.91 Å². The lowest BCUT2D eigenvalue weighted by molar-refractivity contribution is -0.119. The number of aryl methyl sites for hydroxylation is 2. The number of rotatable bonds is 7. The molecule has 11 heteroatoms. The molecule has 1 amide bonds. The minimum Gasteiger partial charge on any atom is -0.452 e. The number of halogens is 1. The van der Waals surface area contributed by atoms with Crippen LogP contribution in [0.25, 0.3) is 5.69 Å². The lowest BCUT2D eigenvalue weighted by Crippen LogP contribution is -2.22. The molecule has 2 aromatic carbocycles. The maximum absolute atomic E-state index is 12.4. The number of nitrogens with zero attached hydrogens (tertiary/aromatic N) is 2. The molecule has 0 saturated carbocycles. The first-order valence-electron chi connectivity index (χ1n) is 9.87. The number of hydrogen-bond acceptors (Lipinski definition) is 6. The van der Waals surface area contributed by atoms with Gasteiger partial charge in [-0.15, -0.1) is 0 Å². The van der Waals surface area contributed by atoms with E-state index in [0.29, 0.717) is 17.1 Å². The van der Waals surface area contributed by atoms with Crippen molar-refractivity contribution in [2.45, 2.75) is 25.7 Å². The predicted octanol–water partition coefficient (Wildman–Crippen LogP) is 3.15. The van der Waals surface area contributed by atoms with Gasteiger partial charge in [-0.1, -0.05) is 29.3 Å². The average Bonchev–Trinajstić information content (AvgIpc) is 3.06. The van der Waals surface area contributed by atoms with Crippen molar-refractivity contribution in [1.29, 1.82) is 0 Å². The molecular formula is C22H23ClN4O5S. The van der Waals surface area contributed by atoms with Gasteiger partial charge in [0.15, 0.2) is 6.61 Å². The molecule has 0 unspecified atom stereocenters. The van der Waals surface area contributed by atoms with Crippen LogP contribution >= 0.6 is 11.6 Å². The van der Waals surface area contributed by atoms with E-state index in [1.54, 1.807) is 11.6 Å². The molecule has 3 aromatic rings. The van der Waals surface area contributed by atoms with Gasteiger partial charge in [-0.3, -0.25) is 4.79 Å². The van der Waals surface area contributed by atoms with Gasteiger partial charge in [0.2, 0.25) is 10.0 Å². The number of aromatic nitrogens is 2. The third-order valence-corrected chi connectivity index (χ3v) is 6.65. The Labute approximate surface area is 196 Å². The molecule has 0 spiro atoms. The molecule has 0 aliphatic carbocycles. The van der Waals surface area contributed by atoms with Gasteiger partial charge in [-0.2, -0.15) is 5.10 Å². The lowest BCUT2D eigenvalue weighted by atomic mass is 10.2. The van der Waals surface area contributed by atoms with Crippen LogP contribution in [0.15, 0.2) is 47.4 Å². The largest absolute Gasteiger partial charge is 0.452 e. The molecule has 0 bridgehead atoms. The summed E-state index contributed by atoms with van der Waals surface area (Å²) in [6, 6.07) is 11.4. The van der Waals surface area contributed by atoms with E-state index < -0.39 is 28.5 Å². The van der Waals surface area contributed by atoms with Crippen LogP contribution in [0.4, 0.5) is 5.69 Å². The Morgan fingerprint density at radius 2 is 1.76 bits per heavy atom. The smallest absolute Gasteiger partial charge is 0.340 e. The number of ether oxygens (including phenoxy) is 1. The summed E-state index contributed by atoms with van der Waals surface area (Å²) in [5.74, 6) is -1.50. The maximum Gasteiger partial charge on any atom is 0.340 e. The second-order valence-corrected chi connectivity index (χ2v) is 9.56. The number of esters is 1. The van der Waals surface area contributed by atoms with E-state index in [4.69, 9.17) is 16.3 Å². The molecule has 0 saturated heterocycles. The van der Waals surface area contributed by atoms with Crippen LogP contribution in [0.3, 0.4) is 0 Å². The molecule has 1 aromatic heterocycles. The van der Waals surface area contributed by atoms with Gasteiger partial charge in [0, 0.05) is 0 Å².